The fourth-order valence-electron chi connectivity index (χ4n) is 1.93. The minimum Gasteiger partial charge on any atom is -0.463 e. The highest BCUT2D eigenvalue weighted by atomic mass is 16.6. The van der Waals surface area contributed by atoms with E-state index in [1.54, 1.807) is 17.7 Å². The molecule has 20 heavy (non-hydrogen) atoms. The number of hydrogen-bond donors (Lipinski definition) is 0. The minimum absolute atomic E-state index is 0.0829. The summed E-state index contributed by atoms with van der Waals surface area (Å²) >= 11 is 0. The zero-order chi connectivity index (χ0) is 15.1. The van der Waals surface area contributed by atoms with Gasteiger partial charge in [0.2, 0.25) is 0 Å². The van der Waals surface area contributed by atoms with Gasteiger partial charge in [0, 0.05) is 6.08 Å². The molecule has 0 atom stereocenters. The van der Waals surface area contributed by atoms with E-state index >= 15 is 0 Å². The highest BCUT2D eigenvalue weighted by Gasteiger charge is 2.24. The lowest BCUT2D eigenvalue weighted by Crippen LogP contribution is -2.05. The maximum atomic E-state index is 11.2. The van der Waals surface area contributed by atoms with Crippen molar-refractivity contribution in [1.29, 1.82) is 0 Å². The number of nitro groups is 1. The van der Waals surface area contributed by atoms with Crippen LogP contribution in [0.3, 0.4) is 0 Å². The van der Waals surface area contributed by atoms with Crippen molar-refractivity contribution in [2.75, 3.05) is 6.61 Å². The van der Waals surface area contributed by atoms with Gasteiger partial charge in [-0.2, -0.15) is 5.10 Å². The monoisotopic (exact) mass is 281 g/mol. The second-order valence-corrected chi connectivity index (χ2v) is 4.04. The van der Waals surface area contributed by atoms with E-state index < -0.39 is 10.9 Å². The molecule has 1 aromatic rings. The van der Waals surface area contributed by atoms with Crippen LogP contribution in [0, 0.1) is 10.1 Å². The molecule has 0 saturated carbocycles. The molecule has 0 saturated heterocycles. The molecule has 1 heterocycles. The van der Waals surface area contributed by atoms with Crippen LogP contribution in [-0.4, -0.2) is 27.3 Å². The van der Waals surface area contributed by atoms with Gasteiger partial charge in [0.05, 0.1) is 18.1 Å². The zero-order valence-electron chi connectivity index (χ0n) is 12.0. The third-order valence-corrected chi connectivity index (χ3v) is 2.77. The third-order valence-electron chi connectivity index (χ3n) is 2.77. The number of carbonyl (C=O) groups excluding carboxylic acids is 1. The molecular formula is C13H19N3O4. The molecule has 0 N–H and O–H groups in total. The summed E-state index contributed by atoms with van der Waals surface area (Å²) in [7, 11) is 0. The number of rotatable bonds is 7. The van der Waals surface area contributed by atoms with E-state index in [0.29, 0.717) is 37.4 Å². The topological polar surface area (TPSA) is 87.3 Å². The van der Waals surface area contributed by atoms with E-state index in [1.807, 2.05) is 13.8 Å². The molecule has 0 aliphatic rings. The first kappa shape index (κ1) is 15.9. The Kier molecular flexibility index (Phi) is 5.89. The molecule has 0 fully saturated rings. The lowest BCUT2D eigenvalue weighted by atomic mass is 10.2. The standard InChI is InChI=1S/C13H19N3O4/c1-4-10-13(16(18)19)11(5-2)15(14-10)9-7-8-12(17)20-6-3/h7-8H,4-6,9H2,1-3H3/b8-7+. The number of aryl methyl sites for hydroxylation is 1. The molecule has 110 valence electrons. The molecule has 1 aromatic heterocycles. The van der Waals surface area contributed by atoms with Crippen LogP contribution in [-0.2, 0) is 28.9 Å². The zero-order valence-corrected chi connectivity index (χ0v) is 12.0. The van der Waals surface area contributed by atoms with Crippen LogP contribution in [0.1, 0.15) is 32.2 Å². The van der Waals surface area contributed by atoms with Crippen LogP contribution < -0.4 is 0 Å². The molecule has 0 bridgehead atoms. The van der Waals surface area contributed by atoms with Gasteiger partial charge < -0.3 is 4.74 Å². The predicted octanol–water partition coefficient (Wildman–Crippen LogP) is 2.04. The molecule has 0 aliphatic carbocycles. The first-order valence-electron chi connectivity index (χ1n) is 6.61. The highest BCUT2D eigenvalue weighted by molar-refractivity contribution is 5.81. The van der Waals surface area contributed by atoms with Gasteiger partial charge in [-0.3, -0.25) is 14.8 Å². The van der Waals surface area contributed by atoms with Crippen molar-refractivity contribution in [3.05, 3.63) is 33.7 Å². The van der Waals surface area contributed by atoms with Gasteiger partial charge in [-0.05, 0) is 19.8 Å². The molecule has 7 nitrogen and oxygen atoms in total. The van der Waals surface area contributed by atoms with Gasteiger partial charge >= 0.3 is 11.7 Å². The van der Waals surface area contributed by atoms with Crippen molar-refractivity contribution in [1.82, 2.24) is 9.78 Å². The van der Waals surface area contributed by atoms with E-state index in [1.165, 1.54) is 6.08 Å². The maximum Gasteiger partial charge on any atom is 0.330 e. The Morgan fingerprint density at radius 1 is 1.40 bits per heavy atom. The summed E-state index contributed by atoms with van der Waals surface area (Å²) in [4.78, 5) is 21.9. The number of aromatic nitrogens is 2. The molecule has 0 radical (unpaired) electrons. The second-order valence-electron chi connectivity index (χ2n) is 4.04. The van der Waals surface area contributed by atoms with Crippen molar-refractivity contribution in [3.63, 3.8) is 0 Å². The molecular weight excluding hydrogens is 262 g/mol. The van der Waals surface area contributed by atoms with Crippen molar-refractivity contribution in [2.24, 2.45) is 0 Å². The number of carbonyl (C=O) groups is 1. The van der Waals surface area contributed by atoms with Crippen LogP contribution >= 0.6 is 0 Å². The fraction of sp³-hybridized carbons (Fsp3) is 0.538. The van der Waals surface area contributed by atoms with Crippen LogP contribution in [0.25, 0.3) is 0 Å². The highest BCUT2D eigenvalue weighted by Crippen LogP contribution is 2.24. The summed E-state index contributed by atoms with van der Waals surface area (Å²) in [6.07, 6.45) is 3.91. The first-order chi connectivity index (χ1) is 9.54. The summed E-state index contributed by atoms with van der Waals surface area (Å²) in [5.41, 5.74) is 1.12. The van der Waals surface area contributed by atoms with Crippen molar-refractivity contribution in [3.8, 4) is 0 Å². The average Bonchev–Trinajstić information content (AvgIpc) is 2.77. The molecule has 0 spiro atoms. The number of allylic oxidation sites excluding steroid dienone is 1. The number of esters is 1. The number of hydrogen-bond acceptors (Lipinski definition) is 5. The molecule has 0 unspecified atom stereocenters. The van der Waals surface area contributed by atoms with E-state index in [2.05, 4.69) is 5.10 Å². The van der Waals surface area contributed by atoms with E-state index in [0.717, 1.165) is 0 Å². The van der Waals surface area contributed by atoms with Gasteiger partial charge in [-0.25, -0.2) is 4.79 Å². The van der Waals surface area contributed by atoms with Gasteiger partial charge in [0.25, 0.3) is 0 Å². The van der Waals surface area contributed by atoms with Crippen LogP contribution in [0.5, 0.6) is 0 Å². The first-order valence-corrected chi connectivity index (χ1v) is 6.61. The Morgan fingerprint density at radius 3 is 2.60 bits per heavy atom. The Hall–Kier alpha value is -2.18. The Bertz CT molecular complexity index is 520. The van der Waals surface area contributed by atoms with E-state index in [9.17, 15) is 14.9 Å². The molecule has 0 aliphatic heterocycles. The van der Waals surface area contributed by atoms with Crippen LogP contribution in [0.4, 0.5) is 5.69 Å². The maximum absolute atomic E-state index is 11.2. The molecule has 0 aromatic carbocycles. The van der Waals surface area contributed by atoms with Crippen molar-refractivity contribution >= 4 is 11.7 Å². The number of ether oxygens (including phenoxy) is 1. The summed E-state index contributed by atoms with van der Waals surface area (Å²) in [6, 6.07) is 0. The lowest BCUT2D eigenvalue weighted by molar-refractivity contribution is -0.386. The average molecular weight is 281 g/mol. The van der Waals surface area contributed by atoms with Crippen molar-refractivity contribution in [2.45, 2.75) is 40.2 Å². The van der Waals surface area contributed by atoms with Gasteiger partial charge in [-0.15, -0.1) is 0 Å². The third kappa shape index (κ3) is 3.66. The molecule has 1 rings (SSSR count). The summed E-state index contributed by atoms with van der Waals surface area (Å²) in [5, 5.41) is 15.3. The predicted molar refractivity (Wildman–Crippen MR) is 73.4 cm³/mol. The summed E-state index contributed by atoms with van der Waals surface area (Å²) in [6.45, 7) is 6.02. The number of nitrogens with zero attached hydrogens (tertiary/aromatic N) is 3. The minimum atomic E-state index is -0.428. The van der Waals surface area contributed by atoms with E-state index in [-0.39, 0.29) is 5.69 Å². The van der Waals surface area contributed by atoms with Gasteiger partial charge in [0.15, 0.2) is 0 Å². The SMILES string of the molecule is CCOC(=O)/C=C/Cn1nc(CC)c([N+](=O)[O-])c1CC. The smallest absolute Gasteiger partial charge is 0.330 e. The second kappa shape index (κ2) is 7.42. The van der Waals surface area contributed by atoms with E-state index in [4.69, 9.17) is 4.74 Å². The molecule has 0 amide bonds. The van der Waals surface area contributed by atoms with Crippen molar-refractivity contribution < 1.29 is 14.5 Å². The lowest BCUT2D eigenvalue weighted by Gasteiger charge is -2.01. The molecule has 7 heteroatoms. The van der Waals surface area contributed by atoms with Gasteiger partial charge in [0.1, 0.15) is 11.4 Å². The van der Waals surface area contributed by atoms with Crippen LogP contribution in [0.2, 0.25) is 0 Å². The van der Waals surface area contributed by atoms with Gasteiger partial charge in [-0.1, -0.05) is 19.9 Å². The summed E-state index contributed by atoms with van der Waals surface area (Å²) < 4.78 is 6.32. The Morgan fingerprint density at radius 2 is 2.10 bits per heavy atom. The normalized spacial score (nSPS) is 10.9. The summed E-state index contributed by atoms with van der Waals surface area (Å²) in [5.74, 6) is -0.428. The van der Waals surface area contributed by atoms with Crippen LogP contribution in [0.15, 0.2) is 12.2 Å². The Labute approximate surface area is 117 Å². The largest absolute Gasteiger partial charge is 0.463 e. The quantitative estimate of drug-likeness (QED) is 0.330. The Balaban J connectivity index is 2.95. The fourth-order valence-corrected chi connectivity index (χ4v) is 1.93.